The molecular weight excluding hydrogens is 242 g/mol. The molecule has 102 valence electrons. The zero-order valence-electron chi connectivity index (χ0n) is 11.1. The van der Waals surface area contributed by atoms with Crippen LogP contribution in [0.15, 0.2) is 24.3 Å². The second kappa shape index (κ2) is 5.87. The number of carbonyl (C=O) groups is 2. The molecule has 1 atom stereocenters. The molecule has 0 aromatic heterocycles. The standard InChI is InChI=1S/C15H19NO3/c1-11-8-9-16(10-11)14(17)7-6-12-4-2-3-5-13(12)15(18)19/h2-5,11H,6-10H2,1H3,(H,18,19). The predicted octanol–water partition coefficient (Wildman–Crippen LogP) is 2.19. The van der Waals surface area contributed by atoms with Gasteiger partial charge >= 0.3 is 5.97 Å². The number of benzene rings is 1. The molecule has 1 aliphatic heterocycles. The minimum atomic E-state index is -0.933. The molecule has 0 aliphatic carbocycles. The van der Waals surface area contributed by atoms with Crippen LogP contribution in [0.3, 0.4) is 0 Å². The maximum atomic E-state index is 12.0. The van der Waals surface area contributed by atoms with Crippen molar-refractivity contribution in [2.24, 2.45) is 5.92 Å². The Labute approximate surface area is 113 Å². The summed E-state index contributed by atoms with van der Waals surface area (Å²) in [6.07, 6.45) is 1.95. The topological polar surface area (TPSA) is 57.6 Å². The van der Waals surface area contributed by atoms with Crippen molar-refractivity contribution in [2.75, 3.05) is 13.1 Å². The molecule has 1 aromatic rings. The first-order chi connectivity index (χ1) is 9.08. The third-order valence-corrected chi connectivity index (χ3v) is 3.63. The summed E-state index contributed by atoms with van der Waals surface area (Å²) < 4.78 is 0. The molecule has 4 nitrogen and oxygen atoms in total. The van der Waals surface area contributed by atoms with Crippen molar-refractivity contribution in [3.05, 3.63) is 35.4 Å². The molecule has 1 aromatic carbocycles. The van der Waals surface area contributed by atoms with E-state index in [1.54, 1.807) is 18.2 Å². The van der Waals surface area contributed by atoms with Crippen LogP contribution in [0.5, 0.6) is 0 Å². The molecule has 2 rings (SSSR count). The number of nitrogens with zero attached hydrogens (tertiary/aromatic N) is 1. The lowest BCUT2D eigenvalue weighted by Crippen LogP contribution is -2.28. The monoisotopic (exact) mass is 261 g/mol. The van der Waals surface area contributed by atoms with Crippen LogP contribution in [-0.2, 0) is 11.2 Å². The van der Waals surface area contributed by atoms with Crippen LogP contribution in [0.2, 0.25) is 0 Å². The number of carboxylic acid groups (broad SMARTS) is 1. The Hall–Kier alpha value is -1.84. The third kappa shape index (κ3) is 3.34. The maximum Gasteiger partial charge on any atom is 0.335 e. The van der Waals surface area contributed by atoms with Crippen LogP contribution in [0.1, 0.15) is 35.7 Å². The van der Waals surface area contributed by atoms with E-state index in [4.69, 9.17) is 5.11 Å². The van der Waals surface area contributed by atoms with Crippen molar-refractivity contribution in [1.29, 1.82) is 0 Å². The van der Waals surface area contributed by atoms with Crippen LogP contribution < -0.4 is 0 Å². The lowest BCUT2D eigenvalue weighted by atomic mass is 10.0. The van der Waals surface area contributed by atoms with Crippen LogP contribution in [-0.4, -0.2) is 35.0 Å². The minimum absolute atomic E-state index is 0.129. The van der Waals surface area contributed by atoms with Gasteiger partial charge in [0.25, 0.3) is 0 Å². The normalized spacial score (nSPS) is 18.6. The highest BCUT2D eigenvalue weighted by molar-refractivity contribution is 5.89. The Kier molecular flexibility index (Phi) is 4.20. The number of carbonyl (C=O) groups excluding carboxylic acids is 1. The first kappa shape index (κ1) is 13.6. The first-order valence-electron chi connectivity index (χ1n) is 6.67. The fourth-order valence-electron chi connectivity index (χ4n) is 2.51. The van der Waals surface area contributed by atoms with Crippen molar-refractivity contribution in [3.8, 4) is 0 Å². The van der Waals surface area contributed by atoms with Gasteiger partial charge in [-0.2, -0.15) is 0 Å². The lowest BCUT2D eigenvalue weighted by molar-refractivity contribution is -0.130. The van der Waals surface area contributed by atoms with E-state index in [0.29, 0.717) is 24.3 Å². The number of carboxylic acids is 1. The van der Waals surface area contributed by atoms with Gasteiger partial charge < -0.3 is 10.0 Å². The van der Waals surface area contributed by atoms with Gasteiger partial charge in [-0.05, 0) is 30.4 Å². The smallest absolute Gasteiger partial charge is 0.335 e. The summed E-state index contributed by atoms with van der Waals surface area (Å²) in [7, 11) is 0. The molecule has 1 unspecified atom stereocenters. The summed E-state index contributed by atoms with van der Waals surface area (Å²) in [5, 5.41) is 9.08. The van der Waals surface area contributed by atoms with Gasteiger partial charge in [-0.3, -0.25) is 4.79 Å². The van der Waals surface area contributed by atoms with Crippen molar-refractivity contribution in [3.63, 3.8) is 0 Å². The second-order valence-corrected chi connectivity index (χ2v) is 5.20. The van der Waals surface area contributed by atoms with Gasteiger partial charge in [0.05, 0.1) is 5.56 Å². The van der Waals surface area contributed by atoms with Crippen molar-refractivity contribution in [1.82, 2.24) is 4.90 Å². The Bertz CT molecular complexity index is 484. The van der Waals surface area contributed by atoms with Crippen LogP contribution in [0, 0.1) is 5.92 Å². The molecule has 19 heavy (non-hydrogen) atoms. The van der Waals surface area contributed by atoms with Gasteiger partial charge in [-0.15, -0.1) is 0 Å². The summed E-state index contributed by atoms with van der Waals surface area (Å²) in [5.74, 6) is -0.224. The fraction of sp³-hybridized carbons (Fsp3) is 0.467. The third-order valence-electron chi connectivity index (χ3n) is 3.63. The average Bonchev–Trinajstić information content (AvgIpc) is 2.83. The summed E-state index contributed by atoms with van der Waals surface area (Å²) in [6.45, 7) is 3.81. The number of rotatable bonds is 4. The van der Waals surface area contributed by atoms with E-state index >= 15 is 0 Å². The largest absolute Gasteiger partial charge is 0.478 e. The Morgan fingerprint density at radius 2 is 2.11 bits per heavy atom. The summed E-state index contributed by atoms with van der Waals surface area (Å²) >= 11 is 0. The first-order valence-corrected chi connectivity index (χ1v) is 6.67. The molecule has 0 spiro atoms. The zero-order chi connectivity index (χ0) is 13.8. The van der Waals surface area contributed by atoms with Gasteiger partial charge in [0.1, 0.15) is 0 Å². The summed E-state index contributed by atoms with van der Waals surface area (Å²) in [6, 6.07) is 6.88. The van der Waals surface area contributed by atoms with E-state index in [2.05, 4.69) is 6.92 Å². The summed E-state index contributed by atoms with van der Waals surface area (Å²) in [5.41, 5.74) is 1.03. The molecular formula is C15H19NO3. The molecule has 1 aliphatic rings. The Balaban J connectivity index is 1.95. The average molecular weight is 261 g/mol. The molecule has 0 bridgehead atoms. The number of likely N-dealkylation sites (tertiary alicyclic amines) is 1. The van der Waals surface area contributed by atoms with E-state index in [1.165, 1.54) is 0 Å². The highest BCUT2D eigenvalue weighted by atomic mass is 16.4. The molecule has 1 amide bonds. The van der Waals surface area contributed by atoms with E-state index in [-0.39, 0.29) is 5.91 Å². The maximum absolute atomic E-state index is 12.0. The molecule has 1 heterocycles. The molecule has 1 saturated heterocycles. The lowest BCUT2D eigenvalue weighted by Gasteiger charge is -2.16. The van der Waals surface area contributed by atoms with Gasteiger partial charge in [0.15, 0.2) is 0 Å². The molecule has 0 radical (unpaired) electrons. The van der Waals surface area contributed by atoms with Gasteiger partial charge in [-0.1, -0.05) is 25.1 Å². The van der Waals surface area contributed by atoms with E-state index in [0.717, 1.165) is 25.1 Å². The van der Waals surface area contributed by atoms with Crippen LogP contribution >= 0.6 is 0 Å². The Morgan fingerprint density at radius 1 is 1.37 bits per heavy atom. The van der Waals surface area contributed by atoms with E-state index in [9.17, 15) is 9.59 Å². The summed E-state index contributed by atoms with van der Waals surface area (Å²) in [4.78, 5) is 25.0. The van der Waals surface area contributed by atoms with Crippen molar-refractivity contribution < 1.29 is 14.7 Å². The highest BCUT2D eigenvalue weighted by Gasteiger charge is 2.23. The molecule has 4 heteroatoms. The fourth-order valence-corrected chi connectivity index (χ4v) is 2.51. The number of aryl methyl sites for hydroxylation is 1. The predicted molar refractivity (Wildman–Crippen MR) is 72.1 cm³/mol. The Morgan fingerprint density at radius 3 is 2.74 bits per heavy atom. The number of hydrogen-bond acceptors (Lipinski definition) is 2. The molecule has 1 N–H and O–H groups in total. The van der Waals surface area contributed by atoms with E-state index < -0.39 is 5.97 Å². The second-order valence-electron chi connectivity index (χ2n) is 5.20. The minimum Gasteiger partial charge on any atom is -0.478 e. The quantitative estimate of drug-likeness (QED) is 0.903. The number of aromatic carboxylic acids is 1. The van der Waals surface area contributed by atoms with Gasteiger partial charge in [-0.25, -0.2) is 4.79 Å². The van der Waals surface area contributed by atoms with Crippen molar-refractivity contribution in [2.45, 2.75) is 26.2 Å². The van der Waals surface area contributed by atoms with E-state index in [1.807, 2.05) is 11.0 Å². The van der Waals surface area contributed by atoms with Gasteiger partial charge in [0.2, 0.25) is 5.91 Å². The van der Waals surface area contributed by atoms with Gasteiger partial charge in [0, 0.05) is 19.5 Å². The number of amides is 1. The highest BCUT2D eigenvalue weighted by Crippen LogP contribution is 2.17. The zero-order valence-corrected chi connectivity index (χ0v) is 11.1. The molecule has 0 saturated carbocycles. The van der Waals surface area contributed by atoms with Crippen molar-refractivity contribution >= 4 is 11.9 Å². The van der Waals surface area contributed by atoms with Crippen LogP contribution in [0.25, 0.3) is 0 Å². The SMILES string of the molecule is CC1CCN(C(=O)CCc2ccccc2C(=O)O)C1. The number of hydrogen-bond donors (Lipinski definition) is 1. The van der Waals surface area contributed by atoms with Crippen LogP contribution in [0.4, 0.5) is 0 Å². The molecule has 1 fully saturated rings.